The molecule has 0 aliphatic rings. The Balaban J connectivity index is 1.97. The van der Waals surface area contributed by atoms with Gasteiger partial charge in [-0.3, -0.25) is 4.90 Å². The number of aromatic nitrogens is 2. The Hall–Kier alpha value is -2.81. The number of aliphatic hydroxyl groups is 1. The van der Waals surface area contributed by atoms with Gasteiger partial charge in [0.05, 0.1) is 35.8 Å². The number of hydrogen-bond donors (Lipinski definition) is 1. The van der Waals surface area contributed by atoms with Crippen LogP contribution in [0.15, 0.2) is 48.5 Å². The van der Waals surface area contributed by atoms with Gasteiger partial charge in [0.25, 0.3) is 0 Å². The summed E-state index contributed by atoms with van der Waals surface area (Å²) in [5.74, 6) is -0.874. The van der Waals surface area contributed by atoms with Gasteiger partial charge in [-0.1, -0.05) is 32.0 Å². The smallest absolute Gasteiger partial charge is 0.227 e. The lowest BCUT2D eigenvalue weighted by Crippen LogP contribution is -2.37. The van der Waals surface area contributed by atoms with Gasteiger partial charge in [-0.15, -0.1) is 0 Å². The van der Waals surface area contributed by atoms with E-state index in [0.717, 1.165) is 29.9 Å². The third-order valence-corrected chi connectivity index (χ3v) is 5.33. The number of ether oxygens (including phenoxy) is 2. The predicted octanol–water partition coefficient (Wildman–Crippen LogP) is 5.50. The van der Waals surface area contributed by atoms with Crippen LogP contribution in [0.2, 0.25) is 0 Å². The average Bonchev–Trinajstić information content (AvgIpc) is 3.09. The number of aryl methyl sites for hydroxylation is 1. The van der Waals surface area contributed by atoms with Crippen molar-refractivity contribution in [3.05, 3.63) is 71.4 Å². The van der Waals surface area contributed by atoms with E-state index in [0.29, 0.717) is 30.6 Å². The van der Waals surface area contributed by atoms with Gasteiger partial charge in [0, 0.05) is 25.7 Å². The second kappa shape index (κ2) is 12.2. The minimum atomic E-state index is -0.797. The molecule has 3 aromatic rings. The van der Waals surface area contributed by atoms with Crippen molar-refractivity contribution in [2.24, 2.45) is 5.92 Å². The van der Waals surface area contributed by atoms with Crippen LogP contribution in [-0.4, -0.2) is 51.7 Å². The summed E-state index contributed by atoms with van der Waals surface area (Å²) in [4.78, 5) is 2.12. The molecule has 0 aliphatic heterocycles. The van der Waals surface area contributed by atoms with Crippen molar-refractivity contribution in [3.63, 3.8) is 0 Å². The SMILES string of the molecule is Cc1nn(-c2ccccc2)c(Oc2ccc(F)cc2F)c1CN(CC(C)C)CC(O)COC(C)C. The largest absolute Gasteiger partial charge is 0.435 e. The van der Waals surface area contributed by atoms with Crippen LogP contribution in [0.4, 0.5) is 8.78 Å². The van der Waals surface area contributed by atoms with E-state index in [-0.39, 0.29) is 18.5 Å². The lowest BCUT2D eigenvalue weighted by Gasteiger charge is -2.27. The second-order valence-electron chi connectivity index (χ2n) is 9.42. The Bertz CT molecular complexity index is 1090. The summed E-state index contributed by atoms with van der Waals surface area (Å²) >= 11 is 0. The number of benzene rings is 2. The summed E-state index contributed by atoms with van der Waals surface area (Å²) < 4.78 is 41.2. The third-order valence-electron chi connectivity index (χ3n) is 5.33. The fraction of sp³-hybridized carbons (Fsp3) is 0.444. The topological polar surface area (TPSA) is 59.8 Å². The first-order chi connectivity index (χ1) is 16.6. The summed E-state index contributed by atoms with van der Waals surface area (Å²) in [6, 6.07) is 12.6. The highest BCUT2D eigenvalue weighted by Crippen LogP contribution is 2.33. The first-order valence-corrected chi connectivity index (χ1v) is 11.9. The summed E-state index contributed by atoms with van der Waals surface area (Å²) in [5, 5.41) is 15.3. The van der Waals surface area contributed by atoms with Crippen molar-refractivity contribution >= 4 is 0 Å². The molecule has 0 saturated carbocycles. The Kier molecular flexibility index (Phi) is 9.37. The molecule has 1 N–H and O–H groups in total. The molecular weight excluding hydrogens is 452 g/mol. The number of hydrogen-bond acceptors (Lipinski definition) is 5. The molecule has 1 unspecified atom stereocenters. The molecule has 0 spiro atoms. The maximum absolute atomic E-state index is 14.5. The normalized spacial score (nSPS) is 12.7. The van der Waals surface area contributed by atoms with E-state index in [4.69, 9.17) is 9.47 Å². The van der Waals surface area contributed by atoms with E-state index in [9.17, 15) is 13.9 Å². The predicted molar refractivity (Wildman–Crippen MR) is 132 cm³/mol. The van der Waals surface area contributed by atoms with Crippen molar-refractivity contribution in [2.45, 2.75) is 53.4 Å². The van der Waals surface area contributed by atoms with Crippen LogP contribution in [0.25, 0.3) is 5.69 Å². The van der Waals surface area contributed by atoms with Crippen molar-refractivity contribution in [1.29, 1.82) is 0 Å². The maximum Gasteiger partial charge on any atom is 0.227 e. The lowest BCUT2D eigenvalue weighted by molar-refractivity contribution is -0.0109. The lowest BCUT2D eigenvalue weighted by atomic mass is 10.1. The van der Waals surface area contributed by atoms with Crippen molar-refractivity contribution < 1.29 is 23.4 Å². The molecule has 0 bridgehead atoms. The minimum absolute atomic E-state index is 0.0279. The third kappa shape index (κ3) is 7.59. The molecule has 1 heterocycles. The number of rotatable bonds is 12. The van der Waals surface area contributed by atoms with Crippen molar-refractivity contribution in [2.75, 3.05) is 19.7 Å². The number of para-hydroxylation sites is 1. The molecule has 0 fully saturated rings. The highest BCUT2D eigenvalue weighted by molar-refractivity contribution is 5.43. The van der Waals surface area contributed by atoms with Gasteiger partial charge in [-0.25, -0.2) is 13.5 Å². The molecule has 0 radical (unpaired) electrons. The fourth-order valence-electron chi connectivity index (χ4n) is 3.83. The fourth-order valence-corrected chi connectivity index (χ4v) is 3.83. The van der Waals surface area contributed by atoms with Crippen LogP contribution in [0.5, 0.6) is 11.6 Å². The highest BCUT2D eigenvalue weighted by Gasteiger charge is 2.24. The van der Waals surface area contributed by atoms with E-state index >= 15 is 0 Å². The van der Waals surface area contributed by atoms with Crippen molar-refractivity contribution in [3.8, 4) is 17.3 Å². The molecule has 2 aromatic carbocycles. The van der Waals surface area contributed by atoms with Crippen LogP contribution in [0.3, 0.4) is 0 Å². The van der Waals surface area contributed by atoms with Gasteiger partial charge in [0.1, 0.15) is 5.82 Å². The van der Waals surface area contributed by atoms with Gasteiger partial charge in [0.15, 0.2) is 11.6 Å². The maximum atomic E-state index is 14.5. The number of aliphatic hydroxyl groups excluding tert-OH is 1. The molecule has 1 aromatic heterocycles. The minimum Gasteiger partial charge on any atom is -0.435 e. The first-order valence-electron chi connectivity index (χ1n) is 11.9. The monoisotopic (exact) mass is 487 g/mol. The van der Waals surface area contributed by atoms with Gasteiger partial charge in [-0.05, 0) is 51.0 Å². The molecule has 8 heteroatoms. The highest BCUT2D eigenvalue weighted by atomic mass is 19.1. The Labute approximate surface area is 206 Å². The number of halogens is 2. The number of nitrogens with zero attached hydrogens (tertiary/aromatic N) is 3. The average molecular weight is 488 g/mol. The quantitative estimate of drug-likeness (QED) is 0.366. The molecule has 0 saturated heterocycles. The van der Waals surface area contributed by atoms with E-state index in [1.54, 1.807) is 4.68 Å². The zero-order chi connectivity index (χ0) is 25.5. The Morgan fingerprint density at radius 3 is 2.37 bits per heavy atom. The van der Waals surface area contributed by atoms with Crippen LogP contribution >= 0.6 is 0 Å². The van der Waals surface area contributed by atoms with Gasteiger partial charge in [0.2, 0.25) is 5.88 Å². The van der Waals surface area contributed by atoms with E-state index in [2.05, 4.69) is 23.8 Å². The van der Waals surface area contributed by atoms with E-state index < -0.39 is 17.7 Å². The van der Waals surface area contributed by atoms with Crippen molar-refractivity contribution in [1.82, 2.24) is 14.7 Å². The summed E-state index contributed by atoms with van der Waals surface area (Å²) in [7, 11) is 0. The van der Waals surface area contributed by atoms with Gasteiger partial charge >= 0.3 is 0 Å². The summed E-state index contributed by atoms with van der Waals surface area (Å²) in [5.41, 5.74) is 2.23. The van der Waals surface area contributed by atoms with Crippen LogP contribution in [-0.2, 0) is 11.3 Å². The second-order valence-corrected chi connectivity index (χ2v) is 9.42. The zero-order valence-electron chi connectivity index (χ0n) is 21.0. The molecule has 1 atom stereocenters. The molecule has 3 rings (SSSR count). The molecular formula is C27H35F2N3O3. The van der Waals surface area contributed by atoms with Crippen LogP contribution < -0.4 is 4.74 Å². The molecule has 190 valence electrons. The first kappa shape index (κ1) is 26.8. The van der Waals surface area contributed by atoms with Gasteiger partial charge in [-0.2, -0.15) is 5.10 Å². The molecule has 35 heavy (non-hydrogen) atoms. The van der Waals surface area contributed by atoms with Crippen LogP contribution in [0, 0.1) is 24.5 Å². The van der Waals surface area contributed by atoms with E-state index in [1.807, 2.05) is 51.1 Å². The van der Waals surface area contributed by atoms with Gasteiger partial charge < -0.3 is 14.6 Å². The summed E-state index contributed by atoms with van der Waals surface area (Å²) in [6.45, 7) is 11.7. The molecule has 0 aliphatic carbocycles. The van der Waals surface area contributed by atoms with Crippen LogP contribution in [0.1, 0.15) is 39.0 Å². The molecule has 6 nitrogen and oxygen atoms in total. The zero-order valence-corrected chi connectivity index (χ0v) is 21.0. The summed E-state index contributed by atoms with van der Waals surface area (Å²) in [6.07, 6.45) is -0.639. The molecule has 0 amide bonds. The standard InChI is InChI=1S/C27H35F2N3O3/c1-18(2)14-31(15-23(33)17-34-19(3)4)16-24-20(5)30-32(22-9-7-6-8-10-22)27(24)35-26-12-11-21(28)13-25(26)29/h6-13,18-19,23,33H,14-17H2,1-5H3. The Morgan fingerprint density at radius 1 is 1.03 bits per heavy atom. The Morgan fingerprint density at radius 2 is 1.74 bits per heavy atom. The van der Waals surface area contributed by atoms with E-state index in [1.165, 1.54) is 6.07 Å².